The van der Waals surface area contributed by atoms with Gasteiger partial charge in [0.15, 0.2) is 5.69 Å². The van der Waals surface area contributed by atoms with E-state index >= 15 is 0 Å². The van der Waals surface area contributed by atoms with Crippen molar-refractivity contribution in [1.29, 1.82) is 0 Å². The molecule has 0 saturated carbocycles. The normalized spacial score (nSPS) is 10.7. The number of amides is 2. The SMILES string of the molecule is CCn1ncc(NC(=O)c2nn(C)c(C)c2Cl)c1C(=O)N(C)C. The molecule has 0 saturated heterocycles. The van der Waals surface area contributed by atoms with E-state index in [1.807, 2.05) is 6.92 Å². The first-order chi connectivity index (χ1) is 10.8. The smallest absolute Gasteiger partial charge is 0.277 e. The van der Waals surface area contributed by atoms with Crippen LogP contribution in [0.1, 0.15) is 33.6 Å². The number of hydrogen-bond acceptors (Lipinski definition) is 4. The second-order valence-corrected chi connectivity index (χ2v) is 5.63. The summed E-state index contributed by atoms with van der Waals surface area (Å²) >= 11 is 6.12. The van der Waals surface area contributed by atoms with E-state index in [-0.39, 0.29) is 16.6 Å². The lowest BCUT2D eigenvalue weighted by Gasteiger charge is -2.13. The fourth-order valence-corrected chi connectivity index (χ4v) is 2.31. The van der Waals surface area contributed by atoms with E-state index in [9.17, 15) is 9.59 Å². The lowest BCUT2D eigenvalue weighted by atomic mass is 10.3. The van der Waals surface area contributed by atoms with Crippen molar-refractivity contribution in [1.82, 2.24) is 24.5 Å². The number of halogens is 1. The second kappa shape index (κ2) is 6.41. The van der Waals surface area contributed by atoms with Crippen molar-refractivity contribution < 1.29 is 9.59 Å². The molecule has 0 fully saturated rings. The van der Waals surface area contributed by atoms with Crippen LogP contribution >= 0.6 is 11.6 Å². The molecule has 1 N–H and O–H groups in total. The molecule has 2 aromatic rings. The summed E-state index contributed by atoms with van der Waals surface area (Å²) in [5, 5.41) is 11.2. The number of aromatic nitrogens is 4. The van der Waals surface area contributed by atoms with E-state index < -0.39 is 5.91 Å². The van der Waals surface area contributed by atoms with Crippen LogP contribution in [0.3, 0.4) is 0 Å². The minimum absolute atomic E-state index is 0.110. The molecule has 0 atom stereocenters. The maximum Gasteiger partial charge on any atom is 0.277 e. The zero-order valence-electron chi connectivity index (χ0n) is 13.7. The van der Waals surface area contributed by atoms with Gasteiger partial charge in [0, 0.05) is 27.7 Å². The van der Waals surface area contributed by atoms with Crippen molar-refractivity contribution in [2.45, 2.75) is 20.4 Å². The highest BCUT2D eigenvalue weighted by Crippen LogP contribution is 2.22. The molecule has 2 aromatic heterocycles. The van der Waals surface area contributed by atoms with Gasteiger partial charge >= 0.3 is 0 Å². The molecular weight excluding hydrogens is 320 g/mol. The van der Waals surface area contributed by atoms with E-state index in [1.54, 1.807) is 28.1 Å². The van der Waals surface area contributed by atoms with Gasteiger partial charge in [-0.3, -0.25) is 19.0 Å². The summed E-state index contributed by atoms with van der Waals surface area (Å²) in [5.74, 6) is -0.731. The van der Waals surface area contributed by atoms with Crippen LogP contribution in [0.4, 0.5) is 5.69 Å². The van der Waals surface area contributed by atoms with Gasteiger partial charge in [0.25, 0.3) is 11.8 Å². The van der Waals surface area contributed by atoms with Crippen LogP contribution in [-0.2, 0) is 13.6 Å². The fourth-order valence-electron chi connectivity index (χ4n) is 2.06. The van der Waals surface area contributed by atoms with E-state index in [0.29, 0.717) is 23.6 Å². The van der Waals surface area contributed by atoms with Crippen molar-refractivity contribution >= 4 is 29.1 Å². The van der Waals surface area contributed by atoms with Crippen molar-refractivity contribution in [3.05, 3.63) is 28.3 Å². The van der Waals surface area contributed by atoms with Crippen LogP contribution < -0.4 is 5.32 Å². The van der Waals surface area contributed by atoms with Gasteiger partial charge in [0.2, 0.25) is 0 Å². The van der Waals surface area contributed by atoms with Crippen LogP contribution in [0.5, 0.6) is 0 Å². The van der Waals surface area contributed by atoms with Crippen LogP contribution in [0.25, 0.3) is 0 Å². The number of aryl methyl sites for hydroxylation is 2. The zero-order chi connectivity index (χ0) is 17.3. The van der Waals surface area contributed by atoms with Crippen LogP contribution in [0.2, 0.25) is 5.02 Å². The standard InChI is InChI=1S/C14H19ClN6O2/c1-6-21-12(14(23)19(3)4)9(7-16-21)17-13(22)11-10(15)8(2)20(5)18-11/h7H,6H2,1-5H3,(H,17,22). The third kappa shape index (κ3) is 3.07. The largest absolute Gasteiger partial charge is 0.343 e. The number of nitrogens with one attached hydrogen (secondary N) is 1. The number of hydrogen-bond donors (Lipinski definition) is 1. The molecule has 2 rings (SSSR count). The Morgan fingerprint density at radius 2 is 2.04 bits per heavy atom. The first-order valence-corrected chi connectivity index (χ1v) is 7.43. The molecule has 0 unspecified atom stereocenters. The Bertz CT molecular complexity index is 762. The number of nitrogens with zero attached hydrogens (tertiary/aromatic N) is 5. The van der Waals surface area contributed by atoms with Gasteiger partial charge in [-0.05, 0) is 13.8 Å². The van der Waals surface area contributed by atoms with E-state index in [2.05, 4.69) is 15.5 Å². The van der Waals surface area contributed by atoms with Gasteiger partial charge in [-0.15, -0.1) is 0 Å². The molecule has 2 heterocycles. The first kappa shape index (κ1) is 17.0. The summed E-state index contributed by atoms with van der Waals surface area (Å²) in [5.41, 5.74) is 1.44. The average molecular weight is 339 g/mol. The van der Waals surface area contributed by atoms with Crippen molar-refractivity contribution in [2.24, 2.45) is 7.05 Å². The minimum Gasteiger partial charge on any atom is -0.343 e. The summed E-state index contributed by atoms with van der Waals surface area (Å²) in [7, 11) is 4.98. The van der Waals surface area contributed by atoms with Gasteiger partial charge in [-0.2, -0.15) is 10.2 Å². The summed E-state index contributed by atoms with van der Waals surface area (Å²) in [4.78, 5) is 26.2. The Morgan fingerprint density at radius 1 is 1.39 bits per heavy atom. The van der Waals surface area contributed by atoms with Crippen molar-refractivity contribution in [3.63, 3.8) is 0 Å². The van der Waals surface area contributed by atoms with Gasteiger partial charge < -0.3 is 10.2 Å². The summed E-state index contributed by atoms with van der Waals surface area (Å²) < 4.78 is 3.06. The second-order valence-electron chi connectivity index (χ2n) is 5.25. The molecule has 0 aliphatic rings. The molecule has 23 heavy (non-hydrogen) atoms. The first-order valence-electron chi connectivity index (χ1n) is 7.05. The highest BCUT2D eigenvalue weighted by atomic mass is 35.5. The molecule has 9 heteroatoms. The minimum atomic E-state index is -0.484. The van der Waals surface area contributed by atoms with Gasteiger partial charge in [0.05, 0.1) is 22.6 Å². The number of carbonyl (C=O) groups is 2. The van der Waals surface area contributed by atoms with E-state index in [4.69, 9.17) is 11.6 Å². The molecule has 124 valence electrons. The van der Waals surface area contributed by atoms with E-state index in [1.165, 1.54) is 20.5 Å². The molecule has 2 amide bonds. The predicted molar refractivity (Wildman–Crippen MR) is 86.8 cm³/mol. The highest BCUT2D eigenvalue weighted by molar-refractivity contribution is 6.34. The molecule has 0 aliphatic heterocycles. The molecule has 0 spiro atoms. The molecule has 0 aromatic carbocycles. The zero-order valence-corrected chi connectivity index (χ0v) is 14.5. The number of anilines is 1. The lowest BCUT2D eigenvalue weighted by molar-refractivity contribution is 0.0816. The van der Waals surface area contributed by atoms with Crippen LogP contribution in [0, 0.1) is 6.92 Å². The monoisotopic (exact) mass is 338 g/mol. The number of carbonyl (C=O) groups excluding carboxylic acids is 2. The van der Waals surface area contributed by atoms with Crippen LogP contribution in [0.15, 0.2) is 6.20 Å². The molecule has 0 radical (unpaired) electrons. The third-order valence-electron chi connectivity index (χ3n) is 3.47. The van der Waals surface area contributed by atoms with Crippen LogP contribution in [-0.4, -0.2) is 50.4 Å². The summed E-state index contributed by atoms with van der Waals surface area (Å²) in [6.45, 7) is 4.14. The Kier molecular flexibility index (Phi) is 4.74. The number of rotatable bonds is 4. The summed E-state index contributed by atoms with van der Waals surface area (Å²) in [6.07, 6.45) is 1.45. The maximum absolute atomic E-state index is 12.4. The predicted octanol–water partition coefficient (Wildman–Crippen LogP) is 1.55. The highest BCUT2D eigenvalue weighted by Gasteiger charge is 2.24. The Hall–Kier alpha value is -2.35. The fraction of sp³-hybridized carbons (Fsp3) is 0.429. The maximum atomic E-state index is 12.4. The van der Waals surface area contributed by atoms with Gasteiger partial charge in [-0.25, -0.2) is 0 Å². The lowest BCUT2D eigenvalue weighted by Crippen LogP contribution is -2.26. The van der Waals surface area contributed by atoms with Crippen molar-refractivity contribution in [3.8, 4) is 0 Å². The quantitative estimate of drug-likeness (QED) is 0.916. The van der Waals surface area contributed by atoms with Crippen molar-refractivity contribution in [2.75, 3.05) is 19.4 Å². The molecule has 0 bridgehead atoms. The Balaban J connectivity index is 2.36. The Labute approximate surface area is 139 Å². The average Bonchev–Trinajstić information content (AvgIpc) is 3.02. The topological polar surface area (TPSA) is 85.0 Å². The summed E-state index contributed by atoms with van der Waals surface area (Å²) in [6, 6.07) is 0. The molecule has 8 nitrogen and oxygen atoms in total. The van der Waals surface area contributed by atoms with Gasteiger partial charge in [-0.1, -0.05) is 11.6 Å². The molecular formula is C14H19ClN6O2. The third-order valence-corrected chi connectivity index (χ3v) is 3.92. The Morgan fingerprint density at radius 3 is 2.52 bits per heavy atom. The van der Waals surface area contributed by atoms with Gasteiger partial charge in [0.1, 0.15) is 5.69 Å². The molecule has 0 aliphatic carbocycles. The van der Waals surface area contributed by atoms with E-state index in [0.717, 1.165) is 0 Å².